The van der Waals surface area contributed by atoms with Gasteiger partial charge in [-0.15, -0.1) is 0 Å². The monoisotopic (exact) mass is 277 g/mol. The van der Waals surface area contributed by atoms with Gasteiger partial charge in [-0.05, 0) is 57.9 Å². The van der Waals surface area contributed by atoms with Crippen LogP contribution in [0.1, 0.15) is 44.0 Å². The van der Waals surface area contributed by atoms with Crippen molar-refractivity contribution in [3.05, 3.63) is 29.8 Å². The molecule has 1 aliphatic rings. The smallest absolute Gasteiger partial charge is 0.251 e. The first-order valence-electron chi connectivity index (χ1n) is 7.25. The Morgan fingerprint density at radius 1 is 1.30 bits per heavy atom. The summed E-state index contributed by atoms with van der Waals surface area (Å²) in [5, 5.41) is 2.99. The van der Waals surface area contributed by atoms with Crippen molar-refractivity contribution in [2.45, 2.75) is 51.9 Å². The van der Waals surface area contributed by atoms with Gasteiger partial charge in [-0.1, -0.05) is 0 Å². The van der Waals surface area contributed by atoms with E-state index < -0.39 is 0 Å². The second kappa shape index (κ2) is 6.75. The third-order valence-corrected chi connectivity index (χ3v) is 3.37. The van der Waals surface area contributed by atoms with Gasteiger partial charge < -0.3 is 14.8 Å². The van der Waals surface area contributed by atoms with Gasteiger partial charge in [0, 0.05) is 12.2 Å². The summed E-state index contributed by atoms with van der Waals surface area (Å²) in [4.78, 5) is 12.1. The molecule has 110 valence electrons. The molecule has 1 aromatic rings. The predicted molar refractivity (Wildman–Crippen MR) is 78.1 cm³/mol. The van der Waals surface area contributed by atoms with Crippen LogP contribution in [-0.4, -0.2) is 30.8 Å². The standard InChI is InChI=1S/C16H23NO3/c1-11(2)20-14-8-6-13(7-9-14)16(18)17-12(3)15-5-4-10-19-15/h6-9,11-12,15H,4-5,10H2,1-3H3,(H,17,18). The third-order valence-electron chi connectivity index (χ3n) is 3.37. The largest absolute Gasteiger partial charge is 0.491 e. The summed E-state index contributed by atoms with van der Waals surface area (Å²) < 4.78 is 11.1. The molecule has 0 spiro atoms. The van der Waals surface area contributed by atoms with Gasteiger partial charge in [0.25, 0.3) is 5.91 Å². The molecule has 2 atom stereocenters. The summed E-state index contributed by atoms with van der Waals surface area (Å²) in [6, 6.07) is 7.26. The van der Waals surface area contributed by atoms with Crippen LogP contribution >= 0.6 is 0 Å². The summed E-state index contributed by atoms with van der Waals surface area (Å²) in [6.07, 6.45) is 2.37. The molecular weight excluding hydrogens is 254 g/mol. The quantitative estimate of drug-likeness (QED) is 0.900. The number of carbonyl (C=O) groups is 1. The van der Waals surface area contributed by atoms with Crippen LogP contribution in [0.3, 0.4) is 0 Å². The molecule has 2 unspecified atom stereocenters. The second-order valence-corrected chi connectivity index (χ2v) is 5.50. The Labute approximate surface area is 120 Å². The Kier molecular flexibility index (Phi) is 5.01. The zero-order chi connectivity index (χ0) is 14.5. The Morgan fingerprint density at radius 3 is 2.55 bits per heavy atom. The number of ether oxygens (including phenoxy) is 2. The van der Waals surface area contributed by atoms with Crippen LogP contribution in [0, 0.1) is 0 Å². The van der Waals surface area contributed by atoms with Crippen molar-refractivity contribution in [1.29, 1.82) is 0 Å². The maximum Gasteiger partial charge on any atom is 0.251 e. The van der Waals surface area contributed by atoms with Gasteiger partial charge in [-0.3, -0.25) is 4.79 Å². The second-order valence-electron chi connectivity index (χ2n) is 5.50. The molecule has 1 heterocycles. The first-order valence-corrected chi connectivity index (χ1v) is 7.25. The SMILES string of the molecule is CC(C)Oc1ccc(C(=O)NC(C)C2CCCO2)cc1. The Balaban J connectivity index is 1.91. The van der Waals surface area contributed by atoms with Crippen molar-refractivity contribution in [1.82, 2.24) is 5.32 Å². The highest BCUT2D eigenvalue weighted by atomic mass is 16.5. The maximum absolute atomic E-state index is 12.1. The molecule has 2 rings (SSSR count). The molecule has 1 aromatic carbocycles. The van der Waals surface area contributed by atoms with Crippen molar-refractivity contribution in [2.75, 3.05) is 6.61 Å². The average molecular weight is 277 g/mol. The molecule has 0 bridgehead atoms. The van der Waals surface area contributed by atoms with E-state index in [0.717, 1.165) is 25.2 Å². The summed E-state index contributed by atoms with van der Waals surface area (Å²) in [5.74, 6) is 0.716. The number of amides is 1. The van der Waals surface area contributed by atoms with Gasteiger partial charge in [0.05, 0.1) is 18.2 Å². The highest BCUT2D eigenvalue weighted by Crippen LogP contribution is 2.17. The number of nitrogens with one attached hydrogen (secondary N) is 1. The Bertz CT molecular complexity index is 436. The minimum absolute atomic E-state index is 0.0385. The third kappa shape index (κ3) is 3.97. The first kappa shape index (κ1) is 14.9. The highest BCUT2D eigenvalue weighted by molar-refractivity contribution is 5.94. The van der Waals surface area contributed by atoms with Crippen LogP contribution in [0.15, 0.2) is 24.3 Å². The van der Waals surface area contributed by atoms with Crippen molar-refractivity contribution in [3.63, 3.8) is 0 Å². The van der Waals surface area contributed by atoms with Crippen LogP contribution in [-0.2, 0) is 4.74 Å². The van der Waals surface area contributed by atoms with Gasteiger partial charge in [0.2, 0.25) is 0 Å². The van der Waals surface area contributed by atoms with Gasteiger partial charge in [-0.25, -0.2) is 0 Å². The van der Waals surface area contributed by atoms with E-state index in [0.29, 0.717) is 5.56 Å². The molecule has 1 fully saturated rings. The molecule has 0 radical (unpaired) electrons. The Morgan fingerprint density at radius 2 is 2.00 bits per heavy atom. The number of hydrogen-bond donors (Lipinski definition) is 1. The minimum atomic E-state index is -0.0657. The molecule has 0 saturated carbocycles. The van der Waals surface area contributed by atoms with E-state index in [2.05, 4.69) is 5.32 Å². The van der Waals surface area contributed by atoms with Crippen molar-refractivity contribution in [2.24, 2.45) is 0 Å². The van der Waals surface area contributed by atoms with Crippen LogP contribution < -0.4 is 10.1 Å². The fourth-order valence-electron chi connectivity index (χ4n) is 2.34. The lowest BCUT2D eigenvalue weighted by molar-refractivity contribution is 0.0712. The van der Waals surface area contributed by atoms with E-state index in [1.807, 2.05) is 32.9 Å². The number of rotatable bonds is 5. The fourth-order valence-corrected chi connectivity index (χ4v) is 2.34. The number of hydrogen-bond acceptors (Lipinski definition) is 3. The van der Waals surface area contributed by atoms with E-state index in [1.54, 1.807) is 12.1 Å². The zero-order valence-electron chi connectivity index (χ0n) is 12.4. The molecule has 0 aromatic heterocycles. The van der Waals surface area contributed by atoms with Crippen molar-refractivity contribution in [3.8, 4) is 5.75 Å². The lowest BCUT2D eigenvalue weighted by atomic mass is 10.1. The predicted octanol–water partition coefficient (Wildman–Crippen LogP) is 2.77. The van der Waals surface area contributed by atoms with E-state index in [1.165, 1.54) is 0 Å². The van der Waals surface area contributed by atoms with E-state index in [9.17, 15) is 4.79 Å². The van der Waals surface area contributed by atoms with E-state index >= 15 is 0 Å². The molecule has 4 nitrogen and oxygen atoms in total. The maximum atomic E-state index is 12.1. The molecule has 1 N–H and O–H groups in total. The highest BCUT2D eigenvalue weighted by Gasteiger charge is 2.23. The minimum Gasteiger partial charge on any atom is -0.491 e. The molecule has 4 heteroatoms. The van der Waals surface area contributed by atoms with E-state index in [4.69, 9.17) is 9.47 Å². The molecule has 1 saturated heterocycles. The summed E-state index contributed by atoms with van der Waals surface area (Å²) >= 11 is 0. The van der Waals surface area contributed by atoms with Crippen molar-refractivity contribution >= 4 is 5.91 Å². The molecule has 20 heavy (non-hydrogen) atoms. The fraction of sp³-hybridized carbons (Fsp3) is 0.562. The lowest BCUT2D eigenvalue weighted by Gasteiger charge is -2.20. The average Bonchev–Trinajstić information content (AvgIpc) is 2.92. The van der Waals surface area contributed by atoms with Crippen LogP contribution in [0.4, 0.5) is 0 Å². The van der Waals surface area contributed by atoms with Gasteiger partial charge >= 0.3 is 0 Å². The van der Waals surface area contributed by atoms with Gasteiger partial charge in [-0.2, -0.15) is 0 Å². The Hall–Kier alpha value is -1.55. The topological polar surface area (TPSA) is 47.6 Å². The molecule has 1 amide bonds. The van der Waals surface area contributed by atoms with E-state index in [-0.39, 0.29) is 24.2 Å². The molecule has 0 aliphatic carbocycles. The van der Waals surface area contributed by atoms with Gasteiger partial charge in [0.1, 0.15) is 5.75 Å². The summed E-state index contributed by atoms with van der Waals surface area (Å²) in [5.41, 5.74) is 0.644. The van der Waals surface area contributed by atoms with Crippen LogP contribution in [0.25, 0.3) is 0 Å². The molecule has 1 aliphatic heterocycles. The van der Waals surface area contributed by atoms with Gasteiger partial charge in [0.15, 0.2) is 0 Å². The van der Waals surface area contributed by atoms with Crippen LogP contribution in [0.5, 0.6) is 5.75 Å². The lowest BCUT2D eigenvalue weighted by Crippen LogP contribution is -2.40. The molecular formula is C16H23NO3. The summed E-state index contributed by atoms with van der Waals surface area (Å²) in [7, 11) is 0. The first-order chi connectivity index (χ1) is 9.56. The number of benzene rings is 1. The zero-order valence-corrected chi connectivity index (χ0v) is 12.4. The number of carbonyl (C=O) groups excluding carboxylic acids is 1. The summed E-state index contributed by atoms with van der Waals surface area (Å²) in [6.45, 7) is 6.74. The van der Waals surface area contributed by atoms with Crippen LogP contribution in [0.2, 0.25) is 0 Å². The van der Waals surface area contributed by atoms with Crippen molar-refractivity contribution < 1.29 is 14.3 Å². The normalized spacial score (nSPS) is 19.9.